The van der Waals surface area contributed by atoms with Crippen LogP contribution in [0, 0.1) is 5.92 Å². The molecule has 0 fully saturated rings. The molecule has 1 atom stereocenters. The summed E-state index contributed by atoms with van der Waals surface area (Å²) in [6.07, 6.45) is 0. The Morgan fingerprint density at radius 1 is 1.33 bits per heavy atom. The van der Waals surface area contributed by atoms with Crippen LogP contribution < -0.4 is 10.1 Å². The molecule has 102 valence electrons. The van der Waals surface area contributed by atoms with Crippen molar-refractivity contribution < 1.29 is 9.84 Å². The van der Waals surface area contributed by atoms with Gasteiger partial charge in [-0.15, -0.1) is 0 Å². The van der Waals surface area contributed by atoms with Crippen molar-refractivity contribution in [1.29, 1.82) is 0 Å². The van der Waals surface area contributed by atoms with Gasteiger partial charge in [-0.2, -0.15) is 0 Å². The molecule has 0 amide bonds. The summed E-state index contributed by atoms with van der Waals surface area (Å²) in [6, 6.07) is 6.44. The van der Waals surface area contributed by atoms with Crippen molar-refractivity contribution in [1.82, 2.24) is 5.32 Å². The average molecular weight is 316 g/mol. The number of nitrogens with one attached hydrogen (secondary N) is 1. The number of benzene rings is 1. The smallest absolute Gasteiger partial charge is 0.123 e. The molecule has 1 aromatic carbocycles. The van der Waals surface area contributed by atoms with Gasteiger partial charge in [0.2, 0.25) is 0 Å². The molecule has 0 radical (unpaired) electrons. The second kappa shape index (κ2) is 7.77. The first-order chi connectivity index (χ1) is 8.52. The molecule has 0 aliphatic heterocycles. The molecule has 3 nitrogen and oxygen atoms in total. The van der Waals surface area contributed by atoms with Crippen molar-refractivity contribution in [2.24, 2.45) is 5.92 Å². The molecule has 18 heavy (non-hydrogen) atoms. The third kappa shape index (κ3) is 5.38. The summed E-state index contributed by atoms with van der Waals surface area (Å²) < 4.78 is 6.80. The van der Waals surface area contributed by atoms with Crippen LogP contribution in [0.2, 0.25) is 0 Å². The molecule has 0 aromatic heterocycles. The number of aliphatic hydroxyl groups excluding tert-OH is 1. The Labute approximate surface area is 118 Å². The molecular weight excluding hydrogens is 294 g/mol. The maximum Gasteiger partial charge on any atom is 0.123 e. The lowest BCUT2D eigenvalue weighted by Crippen LogP contribution is -2.22. The maximum absolute atomic E-state index is 9.00. The molecule has 0 saturated heterocycles. The molecule has 0 saturated carbocycles. The van der Waals surface area contributed by atoms with Crippen LogP contribution in [0.3, 0.4) is 0 Å². The van der Waals surface area contributed by atoms with Crippen molar-refractivity contribution in [3.8, 4) is 5.75 Å². The Hall–Kier alpha value is -0.580. The number of hydrogen-bond donors (Lipinski definition) is 2. The van der Waals surface area contributed by atoms with Gasteiger partial charge in [0, 0.05) is 35.1 Å². The molecule has 1 unspecified atom stereocenters. The highest BCUT2D eigenvalue weighted by Crippen LogP contribution is 2.23. The minimum atomic E-state index is 0.149. The molecular formula is C14H22BrNO2. The van der Waals surface area contributed by atoms with Gasteiger partial charge in [-0.05, 0) is 18.2 Å². The summed E-state index contributed by atoms with van der Waals surface area (Å²) in [5, 5.41) is 12.4. The van der Waals surface area contributed by atoms with E-state index in [0.29, 0.717) is 12.6 Å². The van der Waals surface area contributed by atoms with E-state index in [2.05, 4.69) is 41.2 Å². The van der Waals surface area contributed by atoms with Crippen LogP contribution >= 0.6 is 15.9 Å². The van der Waals surface area contributed by atoms with Gasteiger partial charge in [-0.25, -0.2) is 0 Å². The molecule has 0 heterocycles. The zero-order valence-electron chi connectivity index (χ0n) is 11.2. The van der Waals surface area contributed by atoms with Crippen molar-refractivity contribution in [2.45, 2.75) is 33.4 Å². The summed E-state index contributed by atoms with van der Waals surface area (Å²) in [5.41, 5.74) is 1.13. The van der Waals surface area contributed by atoms with Crippen LogP contribution in [0.4, 0.5) is 0 Å². The zero-order chi connectivity index (χ0) is 13.5. The predicted molar refractivity (Wildman–Crippen MR) is 77.9 cm³/mol. The average Bonchev–Trinajstić information content (AvgIpc) is 2.34. The van der Waals surface area contributed by atoms with E-state index >= 15 is 0 Å². The van der Waals surface area contributed by atoms with Crippen LogP contribution in [0.1, 0.15) is 26.3 Å². The van der Waals surface area contributed by atoms with E-state index in [1.165, 1.54) is 0 Å². The van der Waals surface area contributed by atoms with Gasteiger partial charge in [0.1, 0.15) is 5.75 Å². The summed E-state index contributed by atoms with van der Waals surface area (Å²) in [4.78, 5) is 0. The van der Waals surface area contributed by atoms with Crippen molar-refractivity contribution >= 4 is 15.9 Å². The molecule has 1 aromatic rings. The Kier molecular flexibility index (Phi) is 6.68. The molecule has 0 aliphatic rings. The third-order valence-electron chi connectivity index (χ3n) is 2.56. The molecule has 0 bridgehead atoms. The molecule has 1 rings (SSSR count). The first kappa shape index (κ1) is 15.5. The van der Waals surface area contributed by atoms with E-state index in [0.717, 1.165) is 22.3 Å². The highest BCUT2D eigenvalue weighted by Gasteiger charge is 2.07. The van der Waals surface area contributed by atoms with Crippen LogP contribution in [0.25, 0.3) is 0 Å². The second-order valence-corrected chi connectivity index (χ2v) is 5.80. The fraction of sp³-hybridized carbons (Fsp3) is 0.571. The monoisotopic (exact) mass is 315 g/mol. The lowest BCUT2D eigenvalue weighted by Gasteiger charge is -2.16. The summed E-state index contributed by atoms with van der Waals surface area (Å²) in [7, 11) is 0. The minimum Gasteiger partial charge on any atom is -0.493 e. The van der Waals surface area contributed by atoms with Crippen molar-refractivity contribution in [2.75, 3.05) is 13.2 Å². The van der Waals surface area contributed by atoms with Gasteiger partial charge in [-0.1, -0.05) is 36.7 Å². The molecule has 4 heteroatoms. The maximum atomic E-state index is 9.00. The third-order valence-corrected chi connectivity index (χ3v) is 3.05. The molecule has 0 aliphatic carbocycles. The van der Waals surface area contributed by atoms with Gasteiger partial charge in [0.05, 0.1) is 6.61 Å². The first-order valence-corrected chi connectivity index (χ1v) is 7.07. The number of aliphatic hydroxyl groups is 1. The van der Waals surface area contributed by atoms with Crippen LogP contribution in [0.5, 0.6) is 5.75 Å². The first-order valence-electron chi connectivity index (χ1n) is 6.28. The predicted octanol–water partition coefficient (Wildman–Crippen LogP) is 2.95. The van der Waals surface area contributed by atoms with Gasteiger partial charge in [-0.3, -0.25) is 0 Å². The van der Waals surface area contributed by atoms with Gasteiger partial charge >= 0.3 is 0 Å². The largest absolute Gasteiger partial charge is 0.493 e. The van der Waals surface area contributed by atoms with Crippen molar-refractivity contribution in [3.05, 3.63) is 28.2 Å². The van der Waals surface area contributed by atoms with Gasteiger partial charge < -0.3 is 15.2 Å². The summed E-state index contributed by atoms with van der Waals surface area (Å²) >= 11 is 3.47. The van der Waals surface area contributed by atoms with E-state index in [1.807, 2.05) is 19.1 Å². The lowest BCUT2D eigenvalue weighted by molar-refractivity contribution is 0.173. The standard InChI is InChI=1S/C14H22BrNO2/c1-10(2)16-7-12-6-13(15)4-5-14(12)18-9-11(3)8-17/h4-6,10-11,16-17H,7-9H2,1-3H3. The number of hydrogen-bond acceptors (Lipinski definition) is 3. The number of ether oxygens (including phenoxy) is 1. The fourth-order valence-corrected chi connectivity index (χ4v) is 1.83. The Balaban J connectivity index is 2.69. The van der Waals surface area contributed by atoms with Gasteiger partial charge in [0.15, 0.2) is 0 Å². The summed E-state index contributed by atoms with van der Waals surface area (Å²) in [6.45, 7) is 7.66. The zero-order valence-corrected chi connectivity index (χ0v) is 12.8. The second-order valence-electron chi connectivity index (χ2n) is 4.89. The van der Waals surface area contributed by atoms with Crippen LogP contribution in [-0.2, 0) is 6.54 Å². The number of halogens is 1. The van der Waals surface area contributed by atoms with E-state index in [9.17, 15) is 0 Å². The van der Waals surface area contributed by atoms with E-state index in [1.54, 1.807) is 0 Å². The van der Waals surface area contributed by atoms with Crippen LogP contribution in [0.15, 0.2) is 22.7 Å². The van der Waals surface area contributed by atoms with Gasteiger partial charge in [0.25, 0.3) is 0 Å². The SMILES string of the molecule is CC(CO)COc1ccc(Br)cc1CNC(C)C. The Morgan fingerprint density at radius 2 is 2.06 bits per heavy atom. The number of rotatable bonds is 7. The molecule has 0 spiro atoms. The van der Waals surface area contributed by atoms with Crippen LogP contribution in [-0.4, -0.2) is 24.4 Å². The quantitative estimate of drug-likeness (QED) is 0.813. The summed E-state index contributed by atoms with van der Waals surface area (Å²) in [5.74, 6) is 1.03. The fourth-order valence-electron chi connectivity index (χ4n) is 1.43. The van der Waals surface area contributed by atoms with E-state index < -0.39 is 0 Å². The highest BCUT2D eigenvalue weighted by molar-refractivity contribution is 9.10. The normalized spacial score (nSPS) is 12.8. The minimum absolute atomic E-state index is 0.149. The molecule has 2 N–H and O–H groups in total. The van der Waals surface area contributed by atoms with Crippen molar-refractivity contribution in [3.63, 3.8) is 0 Å². The topological polar surface area (TPSA) is 41.5 Å². The Bertz CT molecular complexity index is 369. The van der Waals surface area contributed by atoms with E-state index in [-0.39, 0.29) is 12.5 Å². The van der Waals surface area contributed by atoms with E-state index in [4.69, 9.17) is 9.84 Å². The lowest BCUT2D eigenvalue weighted by atomic mass is 10.2. The Morgan fingerprint density at radius 3 is 2.67 bits per heavy atom. The highest BCUT2D eigenvalue weighted by atomic mass is 79.9.